The Bertz CT molecular complexity index is 965. The molecular weight excluding hydrogens is 336 g/mol. The Morgan fingerprint density at radius 1 is 1.27 bits per heavy atom. The van der Waals surface area contributed by atoms with Gasteiger partial charge in [0.05, 0.1) is 31.5 Å². The molecule has 26 heavy (non-hydrogen) atoms. The molecule has 1 N–H and O–H groups in total. The van der Waals surface area contributed by atoms with Gasteiger partial charge < -0.3 is 14.6 Å². The molecule has 3 aromatic rings. The molecule has 2 aromatic heterocycles. The second-order valence-corrected chi connectivity index (χ2v) is 5.35. The number of imidazole rings is 1. The summed E-state index contributed by atoms with van der Waals surface area (Å²) in [4.78, 5) is 16.2. The van der Waals surface area contributed by atoms with Crippen LogP contribution in [0.2, 0.25) is 0 Å². The highest BCUT2D eigenvalue weighted by Crippen LogP contribution is 2.29. The zero-order valence-electron chi connectivity index (χ0n) is 14.4. The van der Waals surface area contributed by atoms with Crippen molar-refractivity contribution in [2.45, 2.75) is 13.3 Å². The molecule has 0 amide bonds. The number of nitrogens with zero attached hydrogens (tertiary/aromatic N) is 4. The van der Waals surface area contributed by atoms with E-state index in [-0.39, 0.29) is 18.8 Å². The van der Waals surface area contributed by atoms with E-state index in [0.29, 0.717) is 28.6 Å². The minimum Gasteiger partial charge on any atom is -0.504 e. The van der Waals surface area contributed by atoms with E-state index in [4.69, 9.17) is 9.47 Å². The summed E-state index contributed by atoms with van der Waals surface area (Å²) in [6.45, 7) is 2.01. The summed E-state index contributed by atoms with van der Waals surface area (Å²) in [5.41, 5.74) is 1.25. The van der Waals surface area contributed by atoms with Gasteiger partial charge in [-0.15, -0.1) is 10.2 Å². The molecule has 8 nitrogen and oxygen atoms in total. The van der Waals surface area contributed by atoms with E-state index in [1.165, 1.54) is 6.07 Å². The second kappa shape index (κ2) is 7.64. The maximum atomic E-state index is 11.9. The molecule has 0 fully saturated rings. The van der Waals surface area contributed by atoms with Crippen molar-refractivity contribution in [2.75, 3.05) is 13.7 Å². The van der Waals surface area contributed by atoms with Crippen LogP contribution in [0.4, 0.5) is 11.5 Å². The Morgan fingerprint density at radius 2 is 2.12 bits per heavy atom. The number of aromatic hydroxyl groups is 1. The highest BCUT2D eigenvalue weighted by Gasteiger charge is 2.18. The van der Waals surface area contributed by atoms with E-state index in [2.05, 4.69) is 15.2 Å². The van der Waals surface area contributed by atoms with Crippen molar-refractivity contribution in [1.82, 2.24) is 9.38 Å². The summed E-state index contributed by atoms with van der Waals surface area (Å²) in [6.07, 6.45) is 1.62. The highest BCUT2D eigenvalue weighted by molar-refractivity contribution is 5.75. The van der Waals surface area contributed by atoms with Crippen molar-refractivity contribution in [2.24, 2.45) is 10.2 Å². The van der Waals surface area contributed by atoms with Crippen LogP contribution in [0.25, 0.3) is 5.65 Å². The molecule has 0 aliphatic carbocycles. The minimum absolute atomic E-state index is 0.0135. The number of ether oxygens (including phenoxy) is 2. The summed E-state index contributed by atoms with van der Waals surface area (Å²) in [6, 6.07) is 10.3. The van der Waals surface area contributed by atoms with Gasteiger partial charge in [-0.05, 0) is 31.2 Å². The fraction of sp³-hybridized carbons (Fsp3) is 0.222. The predicted octanol–water partition coefficient (Wildman–Crippen LogP) is 3.57. The number of hydrogen-bond acceptors (Lipinski definition) is 7. The number of hydrogen-bond donors (Lipinski definition) is 1. The standard InChI is InChI=1S/C18H18N4O4/c1-3-26-16(24)11-14-17(22-9-5-8-15(23)18(22)19-14)21-20-12-6-4-7-13(10-12)25-2/h4-10,23H,3,11H2,1-2H3. The van der Waals surface area contributed by atoms with Gasteiger partial charge >= 0.3 is 5.97 Å². The second-order valence-electron chi connectivity index (χ2n) is 5.35. The van der Waals surface area contributed by atoms with Crippen molar-refractivity contribution in [3.05, 3.63) is 48.3 Å². The third-order valence-corrected chi connectivity index (χ3v) is 3.60. The lowest BCUT2D eigenvalue weighted by molar-refractivity contribution is -0.142. The molecule has 3 rings (SSSR count). The first-order valence-corrected chi connectivity index (χ1v) is 8.02. The monoisotopic (exact) mass is 354 g/mol. The van der Waals surface area contributed by atoms with Crippen molar-refractivity contribution in [3.8, 4) is 11.5 Å². The van der Waals surface area contributed by atoms with E-state index >= 15 is 0 Å². The van der Waals surface area contributed by atoms with Crippen LogP contribution in [0.5, 0.6) is 11.5 Å². The quantitative estimate of drug-likeness (QED) is 0.539. The van der Waals surface area contributed by atoms with Gasteiger partial charge in [0.15, 0.2) is 17.2 Å². The van der Waals surface area contributed by atoms with Crippen molar-refractivity contribution < 1.29 is 19.4 Å². The lowest BCUT2D eigenvalue weighted by Gasteiger charge is -2.01. The topological polar surface area (TPSA) is 97.8 Å². The van der Waals surface area contributed by atoms with Gasteiger partial charge in [-0.1, -0.05) is 6.07 Å². The van der Waals surface area contributed by atoms with Crippen LogP contribution >= 0.6 is 0 Å². The van der Waals surface area contributed by atoms with Gasteiger partial charge in [-0.25, -0.2) is 4.98 Å². The van der Waals surface area contributed by atoms with Crippen LogP contribution in [-0.4, -0.2) is 34.2 Å². The van der Waals surface area contributed by atoms with Gasteiger partial charge in [0.2, 0.25) is 0 Å². The maximum absolute atomic E-state index is 11.9. The van der Waals surface area contributed by atoms with E-state index < -0.39 is 5.97 Å². The average Bonchev–Trinajstić information content (AvgIpc) is 2.99. The van der Waals surface area contributed by atoms with Gasteiger partial charge in [0.25, 0.3) is 0 Å². The Balaban J connectivity index is 2.02. The largest absolute Gasteiger partial charge is 0.504 e. The third-order valence-electron chi connectivity index (χ3n) is 3.60. The number of aromatic nitrogens is 2. The maximum Gasteiger partial charge on any atom is 0.312 e. The molecule has 0 saturated heterocycles. The first-order chi connectivity index (χ1) is 12.6. The van der Waals surface area contributed by atoms with Crippen LogP contribution in [-0.2, 0) is 16.0 Å². The number of benzene rings is 1. The number of pyridine rings is 1. The molecule has 8 heteroatoms. The molecule has 0 saturated carbocycles. The average molecular weight is 354 g/mol. The van der Waals surface area contributed by atoms with Crippen LogP contribution in [0.1, 0.15) is 12.6 Å². The number of methoxy groups -OCH3 is 1. The number of carbonyl (C=O) groups excluding carboxylic acids is 1. The molecular formula is C18H18N4O4. The molecule has 134 valence electrons. The van der Waals surface area contributed by atoms with Crippen LogP contribution in [0.15, 0.2) is 52.8 Å². The highest BCUT2D eigenvalue weighted by atomic mass is 16.5. The van der Waals surface area contributed by atoms with Crippen molar-refractivity contribution in [1.29, 1.82) is 0 Å². The molecule has 2 heterocycles. The molecule has 0 bridgehead atoms. The van der Waals surface area contributed by atoms with E-state index in [1.54, 1.807) is 55.0 Å². The van der Waals surface area contributed by atoms with Crippen LogP contribution < -0.4 is 4.74 Å². The van der Waals surface area contributed by atoms with Gasteiger partial charge in [0, 0.05) is 12.3 Å². The minimum atomic E-state index is -0.423. The molecule has 0 aliphatic rings. The Labute approximate surface area is 149 Å². The summed E-state index contributed by atoms with van der Waals surface area (Å²) in [5.74, 6) is 0.574. The summed E-state index contributed by atoms with van der Waals surface area (Å²) < 4.78 is 11.7. The summed E-state index contributed by atoms with van der Waals surface area (Å²) in [7, 11) is 1.57. The molecule has 0 radical (unpaired) electrons. The summed E-state index contributed by atoms with van der Waals surface area (Å²) in [5, 5.41) is 18.5. The first-order valence-electron chi connectivity index (χ1n) is 8.02. The Hall–Kier alpha value is -3.42. The number of esters is 1. The van der Waals surface area contributed by atoms with Crippen LogP contribution in [0, 0.1) is 0 Å². The van der Waals surface area contributed by atoms with Crippen molar-refractivity contribution >= 4 is 23.1 Å². The number of fused-ring (bicyclic) bond motifs is 1. The normalized spacial score (nSPS) is 11.2. The lowest BCUT2D eigenvalue weighted by Crippen LogP contribution is -2.07. The lowest BCUT2D eigenvalue weighted by atomic mass is 10.3. The zero-order chi connectivity index (χ0) is 18.5. The molecule has 0 unspecified atom stereocenters. The third kappa shape index (κ3) is 3.64. The number of carbonyl (C=O) groups is 1. The fourth-order valence-electron chi connectivity index (χ4n) is 2.44. The first kappa shape index (κ1) is 17.4. The molecule has 0 aliphatic heterocycles. The van der Waals surface area contributed by atoms with Crippen LogP contribution in [0.3, 0.4) is 0 Å². The van der Waals surface area contributed by atoms with E-state index in [1.807, 2.05) is 0 Å². The Morgan fingerprint density at radius 3 is 2.88 bits per heavy atom. The molecule has 1 aromatic carbocycles. The fourth-order valence-corrected chi connectivity index (χ4v) is 2.44. The smallest absolute Gasteiger partial charge is 0.312 e. The SMILES string of the molecule is CCOC(=O)Cc1nc2c(O)cccn2c1N=Nc1cccc(OC)c1. The van der Waals surface area contributed by atoms with Crippen molar-refractivity contribution in [3.63, 3.8) is 0 Å². The molecule has 0 spiro atoms. The van der Waals surface area contributed by atoms with Gasteiger partial charge in [-0.3, -0.25) is 9.20 Å². The van der Waals surface area contributed by atoms with E-state index in [0.717, 1.165) is 0 Å². The Kier molecular flexibility index (Phi) is 5.12. The molecule has 0 atom stereocenters. The van der Waals surface area contributed by atoms with Gasteiger partial charge in [-0.2, -0.15) is 0 Å². The number of rotatable bonds is 6. The predicted molar refractivity (Wildman–Crippen MR) is 94.4 cm³/mol. The summed E-state index contributed by atoms with van der Waals surface area (Å²) >= 11 is 0. The van der Waals surface area contributed by atoms with E-state index in [9.17, 15) is 9.90 Å². The zero-order valence-corrected chi connectivity index (χ0v) is 14.4. The number of azo groups is 1. The van der Waals surface area contributed by atoms with Gasteiger partial charge in [0.1, 0.15) is 5.75 Å².